The summed E-state index contributed by atoms with van der Waals surface area (Å²) in [4.78, 5) is 18.0. The van der Waals surface area contributed by atoms with Crippen LogP contribution < -0.4 is 5.32 Å². The number of aryl methyl sites for hydroxylation is 2. The van der Waals surface area contributed by atoms with Crippen molar-refractivity contribution in [2.45, 2.75) is 33.1 Å². The number of hydrogen-bond donors (Lipinski definition) is 1. The molecule has 5 heteroatoms. The van der Waals surface area contributed by atoms with Crippen molar-refractivity contribution in [3.63, 3.8) is 0 Å². The first kappa shape index (κ1) is 20.8. The Kier molecular flexibility index (Phi) is 6.35. The van der Waals surface area contributed by atoms with Gasteiger partial charge in [0.2, 0.25) is 5.91 Å². The van der Waals surface area contributed by atoms with Crippen molar-refractivity contribution in [1.82, 2.24) is 0 Å². The summed E-state index contributed by atoms with van der Waals surface area (Å²) >= 11 is 8.05. The van der Waals surface area contributed by atoms with Gasteiger partial charge in [-0.2, -0.15) is 0 Å². The minimum Gasteiger partial charge on any atom is -0.316 e. The summed E-state index contributed by atoms with van der Waals surface area (Å²) in [5, 5.41) is 4.51. The number of rotatable bonds is 6. The van der Waals surface area contributed by atoms with E-state index in [0.29, 0.717) is 10.9 Å². The first-order valence-electron chi connectivity index (χ1n) is 10.3. The third-order valence-electron chi connectivity index (χ3n) is 5.13. The molecule has 0 aliphatic carbocycles. The number of halogens is 1. The Morgan fingerprint density at radius 3 is 2.50 bits per heavy atom. The Morgan fingerprint density at radius 1 is 1.03 bits per heavy atom. The predicted octanol–water partition coefficient (Wildman–Crippen LogP) is 6.17. The minimum absolute atomic E-state index is 0.0903. The number of hydrogen-bond acceptors (Lipinski definition) is 3. The molecule has 1 aliphatic rings. The van der Waals surface area contributed by atoms with Crippen molar-refractivity contribution in [3.05, 3.63) is 86.8 Å². The van der Waals surface area contributed by atoms with Gasteiger partial charge in [0.25, 0.3) is 0 Å². The van der Waals surface area contributed by atoms with Crippen LogP contribution in [0.4, 0.5) is 5.00 Å². The summed E-state index contributed by atoms with van der Waals surface area (Å²) in [7, 11) is 0. The average molecular weight is 437 g/mol. The van der Waals surface area contributed by atoms with E-state index in [1.54, 1.807) is 11.3 Å². The highest BCUT2D eigenvalue weighted by Crippen LogP contribution is 2.34. The van der Waals surface area contributed by atoms with E-state index in [1.807, 2.05) is 24.3 Å². The fraction of sp³-hybridized carbons (Fsp3) is 0.280. The van der Waals surface area contributed by atoms with E-state index in [0.717, 1.165) is 41.1 Å². The number of aliphatic imine (C=N–C) groups is 1. The van der Waals surface area contributed by atoms with E-state index in [9.17, 15) is 4.79 Å². The number of anilines is 1. The molecule has 154 valence electrons. The maximum absolute atomic E-state index is 12.2. The molecule has 0 spiro atoms. The smallest absolute Gasteiger partial charge is 0.246 e. The van der Waals surface area contributed by atoms with Gasteiger partial charge in [-0.15, -0.1) is 11.3 Å². The molecule has 2 heterocycles. The van der Waals surface area contributed by atoms with E-state index in [1.165, 1.54) is 16.0 Å². The molecular formula is C25H25ClN2OS. The summed E-state index contributed by atoms with van der Waals surface area (Å²) in [5.41, 5.74) is 5.33. The van der Waals surface area contributed by atoms with Crippen LogP contribution in [0.1, 0.15) is 41.0 Å². The molecular weight excluding hydrogens is 412 g/mol. The quantitative estimate of drug-likeness (QED) is 0.492. The zero-order valence-electron chi connectivity index (χ0n) is 17.2. The maximum atomic E-state index is 12.2. The van der Waals surface area contributed by atoms with Gasteiger partial charge in [-0.25, -0.2) is 0 Å². The van der Waals surface area contributed by atoms with Gasteiger partial charge in [-0.1, -0.05) is 67.9 Å². The molecule has 0 fully saturated rings. The zero-order chi connectivity index (χ0) is 21.1. The molecule has 1 amide bonds. The van der Waals surface area contributed by atoms with Crippen LogP contribution in [0, 0.1) is 5.92 Å². The molecule has 0 saturated heterocycles. The van der Waals surface area contributed by atoms with Crippen molar-refractivity contribution in [1.29, 1.82) is 0 Å². The molecule has 0 bridgehead atoms. The Hall–Kier alpha value is -2.43. The van der Waals surface area contributed by atoms with Crippen molar-refractivity contribution >= 4 is 39.6 Å². The highest BCUT2D eigenvalue weighted by Gasteiger charge is 2.22. The van der Waals surface area contributed by atoms with E-state index in [-0.39, 0.29) is 12.5 Å². The number of amides is 1. The van der Waals surface area contributed by atoms with Crippen LogP contribution in [-0.2, 0) is 24.1 Å². The van der Waals surface area contributed by atoms with Crippen molar-refractivity contribution in [3.8, 4) is 0 Å². The SMILES string of the molecule is CC(C)Cc1ccc(CCc2cc3c(s2)NC(=O)CN=C3c2ccccc2Cl)cc1. The summed E-state index contributed by atoms with van der Waals surface area (Å²) in [6.07, 6.45) is 3.00. The molecule has 0 saturated carbocycles. The topological polar surface area (TPSA) is 41.5 Å². The number of benzene rings is 2. The van der Waals surface area contributed by atoms with Gasteiger partial charge >= 0.3 is 0 Å². The summed E-state index contributed by atoms with van der Waals surface area (Å²) < 4.78 is 0. The van der Waals surface area contributed by atoms with Crippen LogP contribution in [0.5, 0.6) is 0 Å². The van der Waals surface area contributed by atoms with Gasteiger partial charge in [-0.3, -0.25) is 9.79 Å². The van der Waals surface area contributed by atoms with Crippen LogP contribution in [0.2, 0.25) is 5.02 Å². The summed E-state index contributed by atoms with van der Waals surface area (Å²) in [6, 6.07) is 18.7. The normalized spacial score (nSPS) is 13.6. The van der Waals surface area contributed by atoms with E-state index in [4.69, 9.17) is 11.6 Å². The molecule has 3 aromatic rings. The number of nitrogens with zero attached hydrogens (tertiary/aromatic N) is 1. The molecule has 0 unspecified atom stereocenters. The van der Waals surface area contributed by atoms with Crippen LogP contribution in [0.25, 0.3) is 0 Å². The molecule has 3 nitrogen and oxygen atoms in total. The molecule has 2 aromatic carbocycles. The number of carbonyl (C=O) groups is 1. The predicted molar refractivity (Wildman–Crippen MR) is 127 cm³/mol. The number of fused-ring (bicyclic) bond motifs is 1. The van der Waals surface area contributed by atoms with Crippen molar-refractivity contribution in [2.75, 3.05) is 11.9 Å². The Balaban J connectivity index is 1.55. The monoisotopic (exact) mass is 436 g/mol. The number of thiophene rings is 1. The number of nitrogens with one attached hydrogen (secondary N) is 1. The Morgan fingerprint density at radius 2 is 1.77 bits per heavy atom. The summed E-state index contributed by atoms with van der Waals surface area (Å²) in [6.45, 7) is 4.60. The zero-order valence-corrected chi connectivity index (χ0v) is 18.8. The lowest BCUT2D eigenvalue weighted by Crippen LogP contribution is -2.12. The second kappa shape index (κ2) is 9.15. The van der Waals surface area contributed by atoms with Gasteiger partial charge in [0.1, 0.15) is 11.5 Å². The van der Waals surface area contributed by atoms with Gasteiger partial charge in [0.05, 0.1) is 5.71 Å². The standard InChI is InChI=1S/C25H25ClN2OS/c1-16(2)13-18-9-7-17(8-10-18)11-12-19-14-21-24(20-5-3-4-6-22(20)26)27-15-23(29)28-25(21)30-19/h3-10,14,16H,11-13,15H2,1-2H3,(H,28,29). The lowest BCUT2D eigenvalue weighted by molar-refractivity contribution is -0.114. The minimum atomic E-state index is -0.0903. The molecule has 0 atom stereocenters. The van der Waals surface area contributed by atoms with Gasteiger partial charge in [0.15, 0.2) is 0 Å². The second-order valence-corrected chi connectivity index (χ2v) is 9.61. The largest absolute Gasteiger partial charge is 0.316 e. The van der Waals surface area contributed by atoms with Gasteiger partial charge in [-0.05, 0) is 48.4 Å². The Bertz CT molecular complexity index is 1080. The Labute approximate surface area is 186 Å². The van der Waals surface area contributed by atoms with Crippen LogP contribution in [-0.4, -0.2) is 18.2 Å². The second-order valence-electron chi connectivity index (χ2n) is 8.06. The fourth-order valence-electron chi connectivity index (χ4n) is 3.70. The van der Waals surface area contributed by atoms with Gasteiger partial charge in [0, 0.05) is 21.0 Å². The first-order chi connectivity index (χ1) is 14.5. The van der Waals surface area contributed by atoms with E-state index < -0.39 is 0 Å². The third kappa shape index (κ3) is 4.82. The average Bonchev–Trinajstić information content (AvgIpc) is 3.04. The summed E-state index contributed by atoms with van der Waals surface area (Å²) in [5.74, 6) is 0.578. The van der Waals surface area contributed by atoms with E-state index >= 15 is 0 Å². The highest BCUT2D eigenvalue weighted by atomic mass is 35.5. The van der Waals surface area contributed by atoms with Gasteiger partial charge < -0.3 is 5.32 Å². The van der Waals surface area contributed by atoms with Crippen molar-refractivity contribution in [2.24, 2.45) is 10.9 Å². The fourth-order valence-corrected chi connectivity index (χ4v) is 5.00. The van der Waals surface area contributed by atoms with Crippen LogP contribution in [0.15, 0.2) is 59.6 Å². The lowest BCUT2D eigenvalue weighted by Gasteiger charge is -2.07. The van der Waals surface area contributed by atoms with Crippen LogP contribution in [0.3, 0.4) is 0 Å². The lowest BCUT2D eigenvalue weighted by atomic mass is 10.00. The molecule has 30 heavy (non-hydrogen) atoms. The molecule has 4 rings (SSSR count). The van der Waals surface area contributed by atoms with Crippen LogP contribution >= 0.6 is 22.9 Å². The van der Waals surface area contributed by atoms with Crippen molar-refractivity contribution < 1.29 is 4.79 Å². The maximum Gasteiger partial charge on any atom is 0.246 e. The third-order valence-corrected chi connectivity index (χ3v) is 6.57. The molecule has 1 aliphatic heterocycles. The molecule has 1 aromatic heterocycles. The molecule has 1 N–H and O–H groups in total. The number of carbonyl (C=O) groups excluding carboxylic acids is 1. The highest BCUT2D eigenvalue weighted by molar-refractivity contribution is 7.16. The van der Waals surface area contributed by atoms with E-state index in [2.05, 4.69) is 54.5 Å². The first-order valence-corrected chi connectivity index (χ1v) is 11.5. The molecule has 0 radical (unpaired) electrons.